The van der Waals surface area contributed by atoms with Gasteiger partial charge in [0.2, 0.25) is 0 Å². The molecule has 0 atom stereocenters. The van der Waals surface area contributed by atoms with Gasteiger partial charge in [0.15, 0.2) is 8.07 Å². The van der Waals surface area contributed by atoms with E-state index in [2.05, 4.69) is 170 Å². The molecule has 7 aromatic carbocycles. The van der Waals surface area contributed by atoms with E-state index in [0.29, 0.717) is 0 Å². The number of anilines is 3. The lowest BCUT2D eigenvalue weighted by Gasteiger charge is -2.45. The van der Waals surface area contributed by atoms with Gasteiger partial charge < -0.3 is 4.90 Å². The number of hydrogen-bond donors (Lipinski definition) is 0. The second-order valence-corrected chi connectivity index (χ2v) is 19.9. The summed E-state index contributed by atoms with van der Waals surface area (Å²) < 4.78 is 0. The van der Waals surface area contributed by atoms with Crippen molar-refractivity contribution in [2.75, 3.05) is 4.90 Å². The molecule has 2 heteroatoms. The summed E-state index contributed by atoms with van der Waals surface area (Å²) >= 11 is 0. The fourth-order valence-electron chi connectivity index (χ4n) is 11.9. The minimum absolute atomic E-state index is 0.0658. The molecule has 7 aromatic rings. The van der Waals surface area contributed by atoms with Crippen molar-refractivity contribution < 1.29 is 0 Å². The van der Waals surface area contributed by atoms with Crippen molar-refractivity contribution in [1.29, 1.82) is 0 Å². The molecule has 1 fully saturated rings. The molecular weight excluding hydrogens is 643 g/mol. The third-order valence-corrected chi connectivity index (χ3v) is 18.7. The number of para-hydroxylation sites is 2. The number of nitrogens with zero attached hydrogens (tertiary/aromatic N) is 1. The Kier molecular flexibility index (Phi) is 5.56. The molecule has 5 aliphatic rings. The zero-order valence-electron chi connectivity index (χ0n) is 29.7. The molecular formula is C50H39NSi. The van der Waals surface area contributed by atoms with Gasteiger partial charge in [-0.2, -0.15) is 0 Å². The molecule has 1 saturated carbocycles. The molecule has 12 rings (SSSR count). The van der Waals surface area contributed by atoms with Crippen molar-refractivity contribution in [2.24, 2.45) is 0 Å². The molecule has 3 heterocycles. The summed E-state index contributed by atoms with van der Waals surface area (Å²) in [5.74, 6) is 0. The van der Waals surface area contributed by atoms with Crippen LogP contribution in [-0.2, 0) is 10.8 Å². The summed E-state index contributed by atoms with van der Waals surface area (Å²) in [6.45, 7) is 4.97. The minimum atomic E-state index is -2.70. The first-order valence-electron chi connectivity index (χ1n) is 19.2. The Hall–Kier alpha value is -5.44. The molecule has 1 nitrogen and oxygen atoms in total. The van der Waals surface area contributed by atoms with Gasteiger partial charge in [0, 0.05) is 16.4 Å². The first kappa shape index (κ1) is 29.2. The summed E-state index contributed by atoms with van der Waals surface area (Å²) in [6, 6.07) is 59.0. The maximum atomic E-state index is 2.71. The predicted molar refractivity (Wildman–Crippen MR) is 220 cm³/mol. The minimum Gasteiger partial charge on any atom is -0.309 e. The average molecular weight is 682 g/mol. The molecule has 2 aliphatic carbocycles. The van der Waals surface area contributed by atoms with Crippen LogP contribution in [0.3, 0.4) is 0 Å². The molecule has 0 bridgehead atoms. The lowest BCUT2D eigenvalue weighted by molar-refractivity contribution is 0.530. The van der Waals surface area contributed by atoms with Crippen LogP contribution < -0.4 is 25.6 Å². The smallest absolute Gasteiger partial charge is 0.182 e. The van der Waals surface area contributed by atoms with Crippen LogP contribution in [0.1, 0.15) is 61.8 Å². The standard InChI is InChI=1S/C50H39NSi/c1-49(2)36-21-7-3-19-34(36)46-41(51-39-24-10-8-22-37(39)50(29-15-16-30-50)38-23-9-11-25-40(38)51)31-45-47(48(46)49)35-20-6-14-28-44(35)52(45)42-26-12-4-17-32(42)33-18-5-13-27-43(33)52/h3-14,17-28,31H,15-16,29-30H2,1-2H3. The van der Waals surface area contributed by atoms with E-state index in [1.54, 1.807) is 5.19 Å². The van der Waals surface area contributed by atoms with E-state index in [1.807, 2.05) is 0 Å². The van der Waals surface area contributed by atoms with Crippen molar-refractivity contribution in [3.05, 3.63) is 174 Å². The number of benzene rings is 7. The molecule has 0 radical (unpaired) electrons. The SMILES string of the molecule is CC1(C)c2ccccc2-c2c(N3c4ccccc4C4(CCCC4)c4ccccc43)cc3c(c21)-c1ccccc1[Si]31c2ccccc2-c2ccccc21. The van der Waals surface area contributed by atoms with Crippen LogP contribution in [0, 0.1) is 0 Å². The summed E-state index contributed by atoms with van der Waals surface area (Å²) in [5, 5.41) is 6.16. The quantitative estimate of drug-likeness (QED) is 0.156. The van der Waals surface area contributed by atoms with Crippen molar-refractivity contribution in [3.8, 4) is 33.4 Å². The Morgan fingerprint density at radius 3 is 1.50 bits per heavy atom. The Labute approximate surface area is 307 Å². The lowest BCUT2D eigenvalue weighted by atomic mass is 9.69. The summed E-state index contributed by atoms with van der Waals surface area (Å²) in [6.07, 6.45) is 4.99. The van der Waals surface area contributed by atoms with Crippen LogP contribution >= 0.6 is 0 Å². The van der Waals surface area contributed by atoms with Gasteiger partial charge in [0.05, 0.1) is 17.1 Å². The number of fused-ring (bicyclic) bond motifs is 18. The molecule has 2 spiro atoms. The summed E-state index contributed by atoms with van der Waals surface area (Å²) in [4.78, 5) is 2.70. The molecule has 0 unspecified atom stereocenters. The number of hydrogen-bond acceptors (Lipinski definition) is 1. The molecule has 3 aliphatic heterocycles. The molecule has 0 aromatic heterocycles. The second kappa shape index (κ2) is 9.91. The first-order valence-corrected chi connectivity index (χ1v) is 21.2. The van der Waals surface area contributed by atoms with Crippen LogP contribution in [0.5, 0.6) is 0 Å². The fraction of sp³-hybridized carbons (Fsp3) is 0.160. The van der Waals surface area contributed by atoms with E-state index >= 15 is 0 Å². The van der Waals surface area contributed by atoms with Gasteiger partial charge in [-0.15, -0.1) is 0 Å². The van der Waals surface area contributed by atoms with Crippen LogP contribution in [0.25, 0.3) is 33.4 Å². The largest absolute Gasteiger partial charge is 0.309 e. The van der Waals surface area contributed by atoms with E-state index in [0.717, 1.165) is 0 Å². The van der Waals surface area contributed by atoms with Gasteiger partial charge in [-0.25, -0.2) is 0 Å². The Morgan fingerprint density at radius 2 is 0.904 bits per heavy atom. The molecule has 52 heavy (non-hydrogen) atoms. The highest BCUT2D eigenvalue weighted by Gasteiger charge is 2.57. The normalized spacial score (nSPS) is 17.9. The Balaban J connectivity index is 1.28. The van der Waals surface area contributed by atoms with Gasteiger partial charge in [-0.3, -0.25) is 0 Å². The maximum Gasteiger partial charge on any atom is 0.182 e. The molecule has 0 N–H and O–H groups in total. The van der Waals surface area contributed by atoms with Crippen molar-refractivity contribution in [3.63, 3.8) is 0 Å². The van der Waals surface area contributed by atoms with Crippen LogP contribution in [-0.4, -0.2) is 8.07 Å². The van der Waals surface area contributed by atoms with Crippen molar-refractivity contribution in [1.82, 2.24) is 0 Å². The van der Waals surface area contributed by atoms with E-state index in [9.17, 15) is 0 Å². The zero-order valence-corrected chi connectivity index (χ0v) is 30.7. The van der Waals surface area contributed by atoms with Gasteiger partial charge in [-0.05, 0) is 102 Å². The summed E-state index contributed by atoms with van der Waals surface area (Å²) in [7, 11) is -2.70. The first-order chi connectivity index (χ1) is 25.6. The fourth-order valence-corrected chi connectivity index (χ4v) is 17.5. The number of rotatable bonds is 1. The highest BCUT2D eigenvalue weighted by Crippen LogP contribution is 2.62. The van der Waals surface area contributed by atoms with Gasteiger partial charge in [0.25, 0.3) is 0 Å². The van der Waals surface area contributed by atoms with Gasteiger partial charge in [0.1, 0.15) is 0 Å². The predicted octanol–water partition coefficient (Wildman–Crippen LogP) is 9.97. The van der Waals surface area contributed by atoms with E-state index in [1.165, 1.54) is 114 Å². The Bertz CT molecular complexity index is 2600. The average Bonchev–Trinajstić information content (AvgIpc) is 3.93. The van der Waals surface area contributed by atoms with Crippen LogP contribution in [0.15, 0.2) is 152 Å². The lowest BCUT2D eigenvalue weighted by Crippen LogP contribution is -2.70. The highest BCUT2D eigenvalue weighted by molar-refractivity contribution is 7.24. The van der Waals surface area contributed by atoms with Crippen LogP contribution in [0.2, 0.25) is 0 Å². The van der Waals surface area contributed by atoms with Crippen LogP contribution in [0.4, 0.5) is 17.1 Å². The molecule has 0 amide bonds. The van der Waals surface area contributed by atoms with Crippen molar-refractivity contribution in [2.45, 2.75) is 50.4 Å². The van der Waals surface area contributed by atoms with Crippen molar-refractivity contribution >= 4 is 45.9 Å². The third kappa shape index (κ3) is 3.24. The zero-order chi connectivity index (χ0) is 34.4. The Morgan fingerprint density at radius 1 is 0.442 bits per heavy atom. The van der Waals surface area contributed by atoms with E-state index < -0.39 is 8.07 Å². The van der Waals surface area contributed by atoms with Gasteiger partial charge >= 0.3 is 0 Å². The van der Waals surface area contributed by atoms with Gasteiger partial charge in [-0.1, -0.05) is 160 Å². The van der Waals surface area contributed by atoms with E-state index in [-0.39, 0.29) is 10.8 Å². The topological polar surface area (TPSA) is 3.24 Å². The highest BCUT2D eigenvalue weighted by atomic mass is 28.3. The monoisotopic (exact) mass is 681 g/mol. The second-order valence-electron chi connectivity index (χ2n) is 16.3. The summed E-state index contributed by atoms with van der Waals surface area (Å²) in [5.41, 5.74) is 18.4. The molecule has 248 valence electrons. The molecule has 0 saturated heterocycles. The maximum absolute atomic E-state index is 2.71. The third-order valence-electron chi connectivity index (χ3n) is 13.8. The van der Waals surface area contributed by atoms with E-state index in [4.69, 9.17) is 0 Å².